The molecule has 0 saturated heterocycles. The molecule has 198 valence electrons. The number of methoxy groups -OCH3 is 2. The lowest BCUT2D eigenvalue weighted by Gasteiger charge is -2.08. The number of aromatic amines is 1. The minimum Gasteiger partial charge on any atom is -0.481 e. The highest BCUT2D eigenvalue weighted by molar-refractivity contribution is 7.23. The summed E-state index contributed by atoms with van der Waals surface area (Å²) in [7, 11) is 3.14. The minimum atomic E-state index is -0.102. The molecule has 6 aromatic rings. The number of nitrogens with zero attached hydrogens (tertiary/aromatic N) is 3. The zero-order valence-corrected chi connectivity index (χ0v) is 24.2. The van der Waals surface area contributed by atoms with Crippen molar-refractivity contribution in [1.82, 2.24) is 19.5 Å². The van der Waals surface area contributed by atoms with Crippen molar-refractivity contribution in [3.63, 3.8) is 0 Å². The van der Waals surface area contributed by atoms with Gasteiger partial charge in [0.25, 0.3) is 0 Å². The normalized spacial score (nSPS) is 11.5. The Kier molecular flexibility index (Phi) is 6.66. The van der Waals surface area contributed by atoms with Crippen molar-refractivity contribution in [2.24, 2.45) is 0 Å². The number of alkyl halides is 1. The van der Waals surface area contributed by atoms with Gasteiger partial charge in [0.15, 0.2) is 0 Å². The number of carbonyl (C=O) groups is 1. The monoisotopic (exact) mass is 576 g/mol. The molecule has 0 aliphatic heterocycles. The second-order valence-electron chi connectivity index (χ2n) is 9.14. The van der Waals surface area contributed by atoms with Gasteiger partial charge in [-0.15, -0.1) is 34.3 Å². The van der Waals surface area contributed by atoms with E-state index in [4.69, 9.17) is 21.1 Å². The standard InChI is InChI=1S/C29H25ClN4O3S2/c1-15-11-19-12-20(38-29(19)34(15)10-9-30)23-16(2)33-28-25(23)24(17-5-7-21(36-3)31-13-17)27(39-28)26(35)18-6-8-22(37-4)32-14-18/h5-8,11-14,33H,9-10H2,1-4H3. The largest absolute Gasteiger partial charge is 0.481 e. The summed E-state index contributed by atoms with van der Waals surface area (Å²) in [5.41, 5.74) is 5.52. The smallest absolute Gasteiger partial charge is 0.212 e. The highest BCUT2D eigenvalue weighted by Gasteiger charge is 2.27. The van der Waals surface area contributed by atoms with E-state index in [1.165, 1.54) is 27.2 Å². The van der Waals surface area contributed by atoms with Gasteiger partial charge in [-0.25, -0.2) is 9.97 Å². The Morgan fingerprint density at radius 1 is 1.00 bits per heavy atom. The molecule has 0 saturated carbocycles. The first-order valence-corrected chi connectivity index (χ1v) is 14.5. The van der Waals surface area contributed by atoms with E-state index in [0.29, 0.717) is 28.1 Å². The van der Waals surface area contributed by atoms with E-state index in [-0.39, 0.29) is 5.78 Å². The summed E-state index contributed by atoms with van der Waals surface area (Å²) < 4.78 is 12.7. The number of carbonyl (C=O) groups excluding carboxylic acids is 1. The van der Waals surface area contributed by atoms with Gasteiger partial charge in [0.05, 0.1) is 19.1 Å². The molecule has 0 amide bonds. The number of ketones is 1. The first-order chi connectivity index (χ1) is 18.9. The molecular weight excluding hydrogens is 552 g/mol. The van der Waals surface area contributed by atoms with Crippen LogP contribution in [0.3, 0.4) is 0 Å². The van der Waals surface area contributed by atoms with Crippen LogP contribution < -0.4 is 9.47 Å². The van der Waals surface area contributed by atoms with Gasteiger partial charge >= 0.3 is 0 Å². The topological polar surface area (TPSA) is 82.0 Å². The van der Waals surface area contributed by atoms with Crippen molar-refractivity contribution in [3.8, 4) is 33.3 Å². The van der Waals surface area contributed by atoms with Crippen molar-refractivity contribution in [2.45, 2.75) is 20.4 Å². The third-order valence-corrected chi connectivity index (χ3v) is 9.28. The molecule has 0 atom stereocenters. The fraction of sp³-hybridized carbons (Fsp3) is 0.207. The summed E-state index contributed by atoms with van der Waals surface area (Å²) in [5, 5.41) is 2.20. The Morgan fingerprint density at radius 2 is 1.74 bits per heavy atom. The molecule has 0 spiro atoms. The molecule has 6 rings (SSSR count). The summed E-state index contributed by atoms with van der Waals surface area (Å²) >= 11 is 9.30. The summed E-state index contributed by atoms with van der Waals surface area (Å²) in [5.74, 6) is 1.42. The van der Waals surface area contributed by atoms with Gasteiger partial charge in [-0.3, -0.25) is 4.79 Å². The van der Waals surface area contributed by atoms with Gasteiger partial charge in [0.1, 0.15) is 9.66 Å². The minimum absolute atomic E-state index is 0.102. The van der Waals surface area contributed by atoms with Gasteiger partial charge in [-0.05, 0) is 38.1 Å². The molecule has 39 heavy (non-hydrogen) atoms. The van der Waals surface area contributed by atoms with Gasteiger partial charge in [-0.1, -0.05) is 0 Å². The quantitative estimate of drug-likeness (QED) is 0.150. The second-order valence-corrected chi connectivity index (χ2v) is 11.6. The maximum absolute atomic E-state index is 13.9. The van der Waals surface area contributed by atoms with Crippen LogP contribution in [0, 0.1) is 13.8 Å². The molecule has 0 aliphatic carbocycles. The number of aromatic nitrogens is 4. The van der Waals surface area contributed by atoms with Gasteiger partial charge in [-0.2, -0.15) is 0 Å². The van der Waals surface area contributed by atoms with Crippen LogP contribution in [0.5, 0.6) is 11.8 Å². The van der Waals surface area contributed by atoms with Crippen molar-refractivity contribution in [2.75, 3.05) is 20.1 Å². The molecule has 0 aliphatic rings. The number of H-pyrrole nitrogens is 1. The number of hydrogen-bond acceptors (Lipinski definition) is 7. The van der Waals surface area contributed by atoms with Gasteiger partial charge in [0.2, 0.25) is 17.5 Å². The summed E-state index contributed by atoms with van der Waals surface area (Å²) in [6.45, 7) is 4.95. The van der Waals surface area contributed by atoms with Gasteiger partial charge in [0, 0.05) is 86.2 Å². The number of ether oxygens (including phenoxy) is 2. The third-order valence-electron chi connectivity index (χ3n) is 6.81. The SMILES string of the molecule is COc1ccc(C(=O)c2sc3[nH]c(C)c(-c4cc5cc(C)n(CCCl)c5s4)c3c2-c2ccc(OC)nc2)cn1. The highest BCUT2D eigenvalue weighted by atomic mass is 35.5. The number of nitrogens with one attached hydrogen (secondary N) is 1. The lowest BCUT2D eigenvalue weighted by molar-refractivity contribution is 0.104. The third kappa shape index (κ3) is 4.30. The number of hydrogen-bond donors (Lipinski definition) is 1. The molecule has 6 aromatic heterocycles. The molecule has 0 radical (unpaired) electrons. The molecule has 0 unspecified atom stereocenters. The van der Waals surface area contributed by atoms with E-state index in [1.807, 2.05) is 12.1 Å². The Hall–Kier alpha value is -3.66. The van der Waals surface area contributed by atoms with Crippen molar-refractivity contribution >= 4 is 60.5 Å². The molecule has 0 aromatic carbocycles. The number of pyridine rings is 2. The van der Waals surface area contributed by atoms with Crippen molar-refractivity contribution < 1.29 is 14.3 Å². The van der Waals surface area contributed by atoms with E-state index in [0.717, 1.165) is 44.0 Å². The summed E-state index contributed by atoms with van der Waals surface area (Å²) in [6, 6.07) is 11.6. The van der Waals surface area contributed by atoms with Crippen molar-refractivity contribution in [1.29, 1.82) is 0 Å². The number of fused-ring (bicyclic) bond motifs is 2. The maximum Gasteiger partial charge on any atom is 0.212 e. The molecule has 7 nitrogen and oxygen atoms in total. The Morgan fingerprint density at radius 3 is 2.38 bits per heavy atom. The molecule has 10 heteroatoms. The fourth-order valence-electron chi connectivity index (χ4n) is 5.00. The maximum atomic E-state index is 13.9. The Bertz CT molecular complexity index is 1830. The molecule has 6 heterocycles. The zero-order chi connectivity index (χ0) is 27.3. The first kappa shape index (κ1) is 25.6. The predicted octanol–water partition coefficient (Wildman–Crippen LogP) is 7.47. The van der Waals surface area contributed by atoms with E-state index in [2.05, 4.69) is 45.5 Å². The van der Waals surface area contributed by atoms with Crippen LogP contribution in [0.15, 0.2) is 48.8 Å². The van der Waals surface area contributed by atoms with Crippen LogP contribution in [0.25, 0.3) is 42.0 Å². The average Bonchev–Trinajstić information content (AvgIpc) is 3.68. The number of halogens is 1. The summed E-state index contributed by atoms with van der Waals surface area (Å²) in [6.07, 6.45) is 3.32. The molecule has 1 N–H and O–H groups in total. The number of aryl methyl sites for hydroxylation is 3. The van der Waals surface area contributed by atoms with Crippen LogP contribution in [0.2, 0.25) is 0 Å². The molecule has 0 bridgehead atoms. The lowest BCUT2D eigenvalue weighted by atomic mass is 9.98. The van der Waals surface area contributed by atoms with Crippen LogP contribution in [0.1, 0.15) is 26.6 Å². The van der Waals surface area contributed by atoms with Crippen LogP contribution in [-0.4, -0.2) is 45.4 Å². The fourth-order valence-corrected chi connectivity index (χ4v) is 7.74. The molecule has 0 fully saturated rings. The van der Waals surface area contributed by atoms with E-state index in [9.17, 15) is 4.79 Å². The lowest BCUT2D eigenvalue weighted by Crippen LogP contribution is -2.02. The Balaban J connectivity index is 1.58. The second kappa shape index (κ2) is 10.1. The van der Waals surface area contributed by atoms with E-state index < -0.39 is 0 Å². The van der Waals surface area contributed by atoms with E-state index >= 15 is 0 Å². The molecular formula is C29H25ClN4O3S2. The van der Waals surface area contributed by atoms with Crippen LogP contribution in [-0.2, 0) is 6.54 Å². The summed E-state index contributed by atoms with van der Waals surface area (Å²) in [4.78, 5) is 30.0. The predicted molar refractivity (Wildman–Crippen MR) is 159 cm³/mol. The van der Waals surface area contributed by atoms with Gasteiger partial charge < -0.3 is 19.0 Å². The highest BCUT2D eigenvalue weighted by Crippen LogP contribution is 2.48. The van der Waals surface area contributed by atoms with Crippen LogP contribution >= 0.6 is 34.3 Å². The first-order valence-electron chi connectivity index (χ1n) is 12.3. The zero-order valence-electron chi connectivity index (χ0n) is 21.8. The van der Waals surface area contributed by atoms with Crippen molar-refractivity contribution in [3.05, 3.63) is 70.6 Å². The average molecular weight is 577 g/mol. The number of rotatable bonds is 8. The van der Waals surface area contributed by atoms with E-state index in [1.54, 1.807) is 50.1 Å². The number of thiophene rings is 2. The Labute approximate surface area is 238 Å². The van der Waals surface area contributed by atoms with Crippen LogP contribution in [0.4, 0.5) is 0 Å².